The number of carbonyl (C=O) groups is 1. The minimum Gasteiger partial charge on any atom is -0.481 e. The third-order valence-electron chi connectivity index (χ3n) is 3.37. The van der Waals surface area contributed by atoms with Crippen molar-refractivity contribution in [1.82, 2.24) is 0 Å². The highest BCUT2D eigenvalue weighted by Gasteiger charge is 2.19. The fourth-order valence-electron chi connectivity index (χ4n) is 2.28. The maximum absolute atomic E-state index is 11.4. The van der Waals surface area contributed by atoms with Gasteiger partial charge in [0.15, 0.2) is 0 Å². The molecule has 2 nitrogen and oxygen atoms in total. The molecule has 104 valence electrons. The van der Waals surface area contributed by atoms with Crippen LogP contribution in [-0.4, -0.2) is 11.1 Å². The van der Waals surface area contributed by atoms with E-state index >= 15 is 0 Å². The first-order chi connectivity index (χ1) is 9.66. The molecule has 0 spiro atoms. The number of aryl methyl sites for hydroxylation is 1. The molecule has 0 aliphatic rings. The lowest BCUT2D eigenvalue weighted by atomic mass is 9.93. The average molecular weight is 289 g/mol. The van der Waals surface area contributed by atoms with Crippen LogP contribution in [0, 0.1) is 0 Å². The van der Waals surface area contributed by atoms with Gasteiger partial charge >= 0.3 is 5.97 Å². The monoisotopic (exact) mass is 288 g/mol. The summed E-state index contributed by atoms with van der Waals surface area (Å²) in [5, 5.41) is 9.99. The molecular weight excluding hydrogens is 272 g/mol. The number of aliphatic carboxylic acids is 1. The van der Waals surface area contributed by atoms with E-state index in [0.717, 1.165) is 18.4 Å². The van der Waals surface area contributed by atoms with E-state index in [9.17, 15) is 9.90 Å². The maximum atomic E-state index is 11.4. The maximum Gasteiger partial charge on any atom is 0.310 e. The molecule has 20 heavy (non-hydrogen) atoms. The molecule has 0 radical (unpaired) electrons. The number of carboxylic acid groups (broad SMARTS) is 1. The fraction of sp³-hybridized carbons (Fsp3) is 0.235. The van der Waals surface area contributed by atoms with Crippen LogP contribution in [0.3, 0.4) is 0 Å². The fourth-order valence-corrected chi connectivity index (χ4v) is 2.41. The van der Waals surface area contributed by atoms with Crippen molar-refractivity contribution in [3.8, 4) is 0 Å². The third-order valence-corrected chi connectivity index (χ3v) is 3.62. The lowest BCUT2D eigenvalue weighted by Crippen LogP contribution is -2.11. The number of halogens is 1. The molecule has 0 aliphatic carbocycles. The highest BCUT2D eigenvalue weighted by molar-refractivity contribution is 6.30. The van der Waals surface area contributed by atoms with Gasteiger partial charge in [-0.3, -0.25) is 4.79 Å². The summed E-state index contributed by atoms with van der Waals surface area (Å²) in [7, 11) is 0. The van der Waals surface area contributed by atoms with E-state index in [2.05, 4.69) is 12.1 Å². The van der Waals surface area contributed by atoms with Gasteiger partial charge in [-0.05, 0) is 42.5 Å². The van der Waals surface area contributed by atoms with E-state index in [1.807, 2.05) is 18.2 Å². The first kappa shape index (κ1) is 14.6. The van der Waals surface area contributed by atoms with Crippen LogP contribution >= 0.6 is 11.6 Å². The molecule has 1 atom stereocenters. The lowest BCUT2D eigenvalue weighted by Gasteiger charge is -2.12. The van der Waals surface area contributed by atoms with Crippen molar-refractivity contribution in [2.75, 3.05) is 0 Å². The quantitative estimate of drug-likeness (QED) is 0.848. The van der Waals surface area contributed by atoms with Gasteiger partial charge in [0, 0.05) is 5.02 Å². The first-order valence-corrected chi connectivity index (χ1v) is 7.07. The molecular formula is C17H17ClO2. The molecule has 0 amide bonds. The number of hydrogen-bond acceptors (Lipinski definition) is 1. The molecule has 2 rings (SSSR count). The third kappa shape index (κ3) is 4.10. The van der Waals surface area contributed by atoms with E-state index in [-0.39, 0.29) is 0 Å². The second-order valence-electron chi connectivity index (χ2n) is 4.82. The molecule has 2 aromatic carbocycles. The summed E-state index contributed by atoms with van der Waals surface area (Å²) in [5.41, 5.74) is 2.06. The lowest BCUT2D eigenvalue weighted by molar-refractivity contribution is -0.139. The Morgan fingerprint density at radius 2 is 1.70 bits per heavy atom. The Hall–Kier alpha value is -1.80. The van der Waals surface area contributed by atoms with Crippen LogP contribution in [0.1, 0.15) is 29.9 Å². The molecule has 0 bridgehead atoms. The second kappa shape index (κ2) is 7.11. The van der Waals surface area contributed by atoms with Gasteiger partial charge in [-0.25, -0.2) is 0 Å². The minimum atomic E-state index is -0.777. The van der Waals surface area contributed by atoms with Crippen molar-refractivity contribution in [3.05, 3.63) is 70.7 Å². The van der Waals surface area contributed by atoms with Crippen LogP contribution in [0.4, 0.5) is 0 Å². The van der Waals surface area contributed by atoms with Gasteiger partial charge in [0.25, 0.3) is 0 Å². The van der Waals surface area contributed by atoms with Crippen LogP contribution in [0.15, 0.2) is 54.6 Å². The van der Waals surface area contributed by atoms with Gasteiger partial charge in [0.2, 0.25) is 0 Å². The molecule has 0 aliphatic heterocycles. The van der Waals surface area contributed by atoms with E-state index < -0.39 is 11.9 Å². The van der Waals surface area contributed by atoms with Crippen LogP contribution in [0.2, 0.25) is 5.02 Å². The Kier molecular flexibility index (Phi) is 5.19. The topological polar surface area (TPSA) is 37.3 Å². The standard InChI is InChI=1S/C17H17ClO2/c18-15-11-9-14(10-12-15)16(17(19)20)8-4-7-13-5-2-1-3-6-13/h1-3,5-6,9-12,16H,4,7-8H2,(H,19,20). The van der Waals surface area contributed by atoms with E-state index in [0.29, 0.717) is 11.4 Å². The van der Waals surface area contributed by atoms with Crippen molar-refractivity contribution >= 4 is 17.6 Å². The summed E-state index contributed by atoms with van der Waals surface area (Å²) in [5.74, 6) is -1.24. The zero-order chi connectivity index (χ0) is 14.4. The summed E-state index contributed by atoms with van der Waals surface area (Å²) in [4.78, 5) is 11.4. The molecule has 0 heterocycles. The zero-order valence-electron chi connectivity index (χ0n) is 11.1. The van der Waals surface area contributed by atoms with Crippen molar-refractivity contribution in [2.45, 2.75) is 25.2 Å². The van der Waals surface area contributed by atoms with Gasteiger partial charge in [-0.15, -0.1) is 0 Å². The smallest absolute Gasteiger partial charge is 0.310 e. The average Bonchev–Trinajstić information content (AvgIpc) is 2.46. The number of rotatable bonds is 6. The van der Waals surface area contributed by atoms with E-state index in [1.54, 1.807) is 24.3 Å². The zero-order valence-corrected chi connectivity index (χ0v) is 11.9. The summed E-state index contributed by atoms with van der Waals surface area (Å²) in [6, 6.07) is 17.2. The van der Waals surface area contributed by atoms with Gasteiger partial charge in [0.05, 0.1) is 5.92 Å². The van der Waals surface area contributed by atoms with Crippen LogP contribution in [0.5, 0.6) is 0 Å². The molecule has 0 aromatic heterocycles. The Labute approximate surface area is 124 Å². The van der Waals surface area contributed by atoms with Gasteiger partial charge in [-0.1, -0.05) is 54.1 Å². The number of hydrogen-bond donors (Lipinski definition) is 1. The Morgan fingerprint density at radius 3 is 2.30 bits per heavy atom. The van der Waals surface area contributed by atoms with Crippen molar-refractivity contribution in [3.63, 3.8) is 0 Å². The van der Waals surface area contributed by atoms with Gasteiger partial charge in [-0.2, -0.15) is 0 Å². The number of benzene rings is 2. The summed E-state index contributed by atoms with van der Waals surface area (Å²) in [6.45, 7) is 0. The summed E-state index contributed by atoms with van der Waals surface area (Å²) in [6.07, 6.45) is 2.38. The molecule has 1 unspecified atom stereocenters. The first-order valence-electron chi connectivity index (χ1n) is 6.69. The van der Waals surface area contributed by atoms with Crippen molar-refractivity contribution in [2.24, 2.45) is 0 Å². The van der Waals surface area contributed by atoms with Crippen LogP contribution in [-0.2, 0) is 11.2 Å². The SMILES string of the molecule is O=C(O)C(CCCc1ccccc1)c1ccc(Cl)cc1. The van der Waals surface area contributed by atoms with Gasteiger partial charge < -0.3 is 5.11 Å². The molecule has 1 N–H and O–H groups in total. The Morgan fingerprint density at radius 1 is 1.05 bits per heavy atom. The van der Waals surface area contributed by atoms with Crippen molar-refractivity contribution in [1.29, 1.82) is 0 Å². The number of carboxylic acids is 1. The second-order valence-corrected chi connectivity index (χ2v) is 5.26. The summed E-state index contributed by atoms with van der Waals surface area (Å²) >= 11 is 5.83. The Balaban J connectivity index is 1.96. The molecule has 2 aromatic rings. The highest BCUT2D eigenvalue weighted by Crippen LogP contribution is 2.24. The van der Waals surface area contributed by atoms with Crippen LogP contribution in [0.25, 0.3) is 0 Å². The van der Waals surface area contributed by atoms with Crippen LogP contribution < -0.4 is 0 Å². The molecule has 3 heteroatoms. The molecule has 0 saturated carbocycles. The Bertz CT molecular complexity index is 549. The van der Waals surface area contributed by atoms with Gasteiger partial charge in [0.1, 0.15) is 0 Å². The molecule has 0 fully saturated rings. The largest absolute Gasteiger partial charge is 0.481 e. The van der Waals surface area contributed by atoms with Crippen molar-refractivity contribution < 1.29 is 9.90 Å². The predicted octanol–water partition coefficient (Wildman–Crippen LogP) is 4.53. The predicted molar refractivity (Wildman–Crippen MR) is 81.2 cm³/mol. The normalized spacial score (nSPS) is 12.1. The highest BCUT2D eigenvalue weighted by atomic mass is 35.5. The summed E-state index contributed by atoms with van der Waals surface area (Å²) < 4.78 is 0. The van der Waals surface area contributed by atoms with E-state index in [4.69, 9.17) is 11.6 Å². The molecule has 0 saturated heterocycles. The van der Waals surface area contributed by atoms with E-state index in [1.165, 1.54) is 5.56 Å². The minimum absolute atomic E-state index is 0.462.